The van der Waals surface area contributed by atoms with Crippen molar-refractivity contribution in [3.8, 4) is 0 Å². The monoisotopic (exact) mass is 264 g/mol. The molecule has 0 radical (unpaired) electrons. The lowest BCUT2D eigenvalue weighted by Gasteiger charge is -2.15. The van der Waals surface area contributed by atoms with Crippen molar-refractivity contribution < 1.29 is 4.79 Å². The molecule has 0 saturated carbocycles. The molecule has 1 fully saturated rings. The first-order valence-corrected chi connectivity index (χ1v) is 7.07. The average Bonchev–Trinajstić information content (AvgIpc) is 2.98. The van der Waals surface area contributed by atoms with Gasteiger partial charge in [-0.2, -0.15) is 5.10 Å². The molecule has 1 N–H and O–H groups in total. The molecule has 5 heteroatoms. The number of carbonyl (C=O) groups is 1. The van der Waals surface area contributed by atoms with E-state index in [1.807, 2.05) is 23.6 Å². The number of rotatable bonds is 5. The van der Waals surface area contributed by atoms with E-state index in [0.29, 0.717) is 6.42 Å². The predicted molar refractivity (Wildman–Crippen MR) is 74.8 cm³/mol. The summed E-state index contributed by atoms with van der Waals surface area (Å²) < 4.78 is 1.90. The molecule has 1 aromatic rings. The van der Waals surface area contributed by atoms with E-state index >= 15 is 0 Å². The van der Waals surface area contributed by atoms with Gasteiger partial charge >= 0.3 is 0 Å². The van der Waals surface area contributed by atoms with Crippen molar-refractivity contribution in [2.24, 2.45) is 7.05 Å². The molecule has 0 aromatic carbocycles. The Hall–Kier alpha value is -1.36. The summed E-state index contributed by atoms with van der Waals surface area (Å²) in [6, 6.07) is 0. The summed E-state index contributed by atoms with van der Waals surface area (Å²) in [6.45, 7) is 7.52. The number of likely N-dealkylation sites (tertiary alicyclic amines) is 1. The highest BCUT2D eigenvalue weighted by atomic mass is 16.2. The smallest absolute Gasteiger partial charge is 0.223 e. The molecule has 0 spiro atoms. The Bertz CT molecular complexity index is 447. The zero-order valence-electron chi connectivity index (χ0n) is 12.2. The summed E-state index contributed by atoms with van der Waals surface area (Å²) in [7, 11) is 1.96. The molecule has 2 rings (SSSR count). The second-order valence-electron chi connectivity index (χ2n) is 5.29. The summed E-state index contributed by atoms with van der Waals surface area (Å²) >= 11 is 0. The molecular formula is C14H24N4O. The number of hydrogen-bond donors (Lipinski definition) is 1. The Morgan fingerprint density at radius 2 is 2.00 bits per heavy atom. The van der Waals surface area contributed by atoms with Gasteiger partial charge in [0.05, 0.1) is 5.69 Å². The number of nitrogens with one attached hydrogen (secondary N) is 1. The standard InChI is InChI=1S/C14H24N4O/c1-11-13(12(2)17(3)16-11)10-15-7-6-14(19)18-8-4-5-9-18/h15H,4-10H2,1-3H3. The van der Waals surface area contributed by atoms with E-state index in [1.54, 1.807) is 0 Å². The van der Waals surface area contributed by atoms with Gasteiger partial charge in [-0.05, 0) is 26.7 Å². The fourth-order valence-corrected chi connectivity index (χ4v) is 2.61. The quantitative estimate of drug-likeness (QED) is 0.811. The fourth-order valence-electron chi connectivity index (χ4n) is 2.61. The Labute approximate surface area is 115 Å². The van der Waals surface area contributed by atoms with Crippen molar-refractivity contribution in [1.82, 2.24) is 20.0 Å². The number of aromatic nitrogens is 2. The molecular weight excluding hydrogens is 240 g/mol. The Kier molecular flexibility index (Phi) is 4.58. The SMILES string of the molecule is Cc1nn(C)c(C)c1CNCCC(=O)N1CCCC1. The van der Waals surface area contributed by atoms with Crippen LogP contribution in [0.15, 0.2) is 0 Å². The zero-order chi connectivity index (χ0) is 13.8. The van der Waals surface area contributed by atoms with Gasteiger partial charge in [0, 0.05) is 50.9 Å². The van der Waals surface area contributed by atoms with Gasteiger partial charge in [0.1, 0.15) is 0 Å². The van der Waals surface area contributed by atoms with Crippen LogP contribution in [0.3, 0.4) is 0 Å². The minimum atomic E-state index is 0.282. The molecule has 1 amide bonds. The molecule has 2 heterocycles. The minimum absolute atomic E-state index is 0.282. The second-order valence-corrected chi connectivity index (χ2v) is 5.29. The molecule has 106 valence electrons. The van der Waals surface area contributed by atoms with Gasteiger partial charge in [0.25, 0.3) is 0 Å². The highest BCUT2D eigenvalue weighted by molar-refractivity contribution is 5.76. The van der Waals surface area contributed by atoms with Crippen LogP contribution in [0.5, 0.6) is 0 Å². The first kappa shape index (κ1) is 14.1. The molecule has 1 aliphatic rings. The first-order valence-electron chi connectivity index (χ1n) is 7.07. The molecule has 1 aliphatic heterocycles. The first-order chi connectivity index (χ1) is 9.09. The van der Waals surface area contributed by atoms with E-state index in [-0.39, 0.29) is 5.91 Å². The van der Waals surface area contributed by atoms with Crippen LogP contribution in [0.4, 0.5) is 0 Å². The summed E-state index contributed by atoms with van der Waals surface area (Å²) in [5.41, 5.74) is 3.50. The average molecular weight is 264 g/mol. The maximum absolute atomic E-state index is 11.9. The summed E-state index contributed by atoms with van der Waals surface area (Å²) in [4.78, 5) is 13.8. The molecule has 1 aromatic heterocycles. The maximum Gasteiger partial charge on any atom is 0.223 e. The van der Waals surface area contributed by atoms with E-state index in [9.17, 15) is 4.79 Å². The van der Waals surface area contributed by atoms with Crippen LogP contribution in [-0.4, -0.2) is 40.2 Å². The van der Waals surface area contributed by atoms with Gasteiger partial charge in [0.2, 0.25) is 5.91 Å². The largest absolute Gasteiger partial charge is 0.343 e. The van der Waals surface area contributed by atoms with Crippen LogP contribution >= 0.6 is 0 Å². The number of carbonyl (C=O) groups excluding carboxylic acids is 1. The van der Waals surface area contributed by atoms with Crippen molar-refractivity contribution in [3.05, 3.63) is 17.0 Å². The zero-order valence-corrected chi connectivity index (χ0v) is 12.2. The topological polar surface area (TPSA) is 50.2 Å². The van der Waals surface area contributed by atoms with E-state index < -0.39 is 0 Å². The van der Waals surface area contributed by atoms with Crippen LogP contribution in [0.1, 0.15) is 36.2 Å². The fraction of sp³-hybridized carbons (Fsp3) is 0.714. The van der Waals surface area contributed by atoms with Crippen molar-refractivity contribution >= 4 is 5.91 Å². The van der Waals surface area contributed by atoms with Crippen LogP contribution in [0.25, 0.3) is 0 Å². The third-order valence-corrected chi connectivity index (χ3v) is 3.94. The van der Waals surface area contributed by atoms with Gasteiger partial charge in [-0.15, -0.1) is 0 Å². The van der Waals surface area contributed by atoms with Gasteiger partial charge in [-0.25, -0.2) is 0 Å². The third kappa shape index (κ3) is 3.35. The normalized spacial score (nSPS) is 15.2. The molecule has 5 nitrogen and oxygen atoms in total. The lowest BCUT2D eigenvalue weighted by atomic mass is 10.2. The lowest BCUT2D eigenvalue weighted by Crippen LogP contribution is -2.30. The van der Waals surface area contributed by atoms with Gasteiger partial charge < -0.3 is 10.2 Å². The lowest BCUT2D eigenvalue weighted by molar-refractivity contribution is -0.130. The van der Waals surface area contributed by atoms with E-state index in [0.717, 1.165) is 44.7 Å². The highest BCUT2D eigenvalue weighted by Crippen LogP contribution is 2.11. The molecule has 0 bridgehead atoms. The van der Waals surface area contributed by atoms with E-state index in [1.165, 1.54) is 11.3 Å². The van der Waals surface area contributed by atoms with Gasteiger partial charge in [0.15, 0.2) is 0 Å². The van der Waals surface area contributed by atoms with Crippen molar-refractivity contribution in [1.29, 1.82) is 0 Å². The van der Waals surface area contributed by atoms with E-state index in [4.69, 9.17) is 0 Å². The number of aryl methyl sites for hydroxylation is 2. The summed E-state index contributed by atoms with van der Waals surface area (Å²) in [6.07, 6.45) is 2.92. The van der Waals surface area contributed by atoms with Crippen LogP contribution in [-0.2, 0) is 18.4 Å². The molecule has 19 heavy (non-hydrogen) atoms. The van der Waals surface area contributed by atoms with Crippen molar-refractivity contribution in [2.45, 2.75) is 39.7 Å². The predicted octanol–water partition coefficient (Wildman–Crippen LogP) is 1.14. The Morgan fingerprint density at radius 1 is 1.32 bits per heavy atom. The third-order valence-electron chi connectivity index (χ3n) is 3.94. The van der Waals surface area contributed by atoms with Crippen molar-refractivity contribution in [2.75, 3.05) is 19.6 Å². The van der Waals surface area contributed by atoms with Crippen molar-refractivity contribution in [3.63, 3.8) is 0 Å². The number of hydrogen-bond acceptors (Lipinski definition) is 3. The molecule has 1 saturated heterocycles. The van der Waals surface area contributed by atoms with E-state index in [2.05, 4.69) is 17.3 Å². The van der Waals surface area contributed by atoms with Crippen LogP contribution in [0, 0.1) is 13.8 Å². The highest BCUT2D eigenvalue weighted by Gasteiger charge is 2.17. The number of amides is 1. The minimum Gasteiger partial charge on any atom is -0.343 e. The summed E-state index contributed by atoms with van der Waals surface area (Å²) in [5.74, 6) is 0.282. The summed E-state index contributed by atoms with van der Waals surface area (Å²) in [5, 5.41) is 7.74. The Balaban J connectivity index is 1.73. The molecule has 0 aliphatic carbocycles. The van der Waals surface area contributed by atoms with Gasteiger partial charge in [-0.1, -0.05) is 0 Å². The number of nitrogens with zero attached hydrogens (tertiary/aromatic N) is 3. The second kappa shape index (κ2) is 6.19. The maximum atomic E-state index is 11.9. The molecule has 0 unspecified atom stereocenters. The van der Waals surface area contributed by atoms with Gasteiger partial charge in [-0.3, -0.25) is 9.48 Å². The van der Waals surface area contributed by atoms with Crippen LogP contribution in [0.2, 0.25) is 0 Å². The Morgan fingerprint density at radius 3 is 2.58 bits per heavy atom. The molecule has 0 atom stereocenters. The van der Waals surface area contributed by atoms with Crippen LogP contribution < -0.4 is 5.32 Å².